The molecule has 0 rings (SSSR count). The highest BCUT2D eigenvalue weighted by atomic mass is 16.2. The lowest BCUT2D eigenvalue weighted by Crippen LogP contribution is -2.28. The maximum Gasteiger partial charge on any atom is 0.245 e. The fourth-order valence-electron chi connectivity index (χ4n) is 0.769. The van der Waals surface area contributed by atoms with Crippen molar-refractivity contribution in [1.82, 2.24) is 4.90 Å². The average molecular weight is 169 g/mol. The quantitative estimate of drug-likeness (QED) is 0.592. The largest absolute Gasteiger partial charge is 0.342 e. The molecule has 0 aliphatic rings. The van der Waals surface area contributed by atoms with Crippen LogP contribution in [0.2, 0.25) is 0 Å². The number of nitrogens with zero attached hydrogens (tertiary/aromatic N) is 1. The first-order chi connectivity index (χ1) is 5.37. The molecule has 2 nitrogen and oxygen atoms in total. The van der Waals surface area contributed by atoms with Crippen molar-refractivity contribution in [2.75, 3.05) is 13.6 Å². The molecular weight excluding hydrogens is 150 g/mol. The van der Waals surface area contributed by atoms with Gasteiger partial charge < -0.3 is 4.90 Å². The number of hydrogen-bond donors (Lipinski definition) is 0. The lowest BCUT2D eigenvalue weighted by molar-refractivity contribution is -0.125. The van der Waals surface area contributed by atoms with Crippen LogP contribution in [0.3, 0.4) is 0 Å². The molecule has 0 spiro atoms. The molecule has 0 radical (unpaired) electrons. The SMILES string of the molecule is C=CC(=O)N(C)CCC(C)(C)C. The van der Waals surface area contributed by atoms with Crippen LogP contribution in [0.25, 0.3) is 0 Å². The van der Waals surface area contributed by atoms with Crippen molar-refractivity contribution < 1.29 is 4.79 Å². The average Bonchev–Trinajstić information content (AvgIpc) is 1.97. The van der Waals surface area contributed by atoms with Gasteiger partial charge in [-0.15, -0.1) is 0 Å². The van der Waals surface area contributed by atoms with E-state index in [-0.39, 0.29) is 11.3 Å². The van der Waals surface area contributed by atoms with Crippen LogP contribution in [-0.4, -0.2) is 24.4 Å². The molecule has 0 fully saturated rings. The predicted octanol–water partition coefficient (Wildman–Crippen LogP) is 2.07. The van der Waals surface area contributed by atoms with Crippen LogP contribution in [0.15, 0.2) is 12.7 Å². The maximum absolute atomic E-state index is 11.0. The summed E-state index contributed by atoms with van der Waals surface area (Å²) in [7, 11) is 1.80. The van der Waals surface area contributed by atoms with Gasteiger partial charge >= 0.3 is 0 Å². The summed E-state index contributed by atoms with van der Waals surface area (Å²) < 4.78 is 0. The lowest BCUT2D eigenvalue weighted by atomic mass is 9.92. The molecule has 0 aromatic carbocycles. The van der Waals surface area contributed by atoms with Crippen molar-refractivity contribution >= 4 is 5.91 Å². The van der Waals surface area contributed by atoms with Gasteiger partial charge in [0.2, 0.25) is 5.91 Å². The van der Waals surface area contributed by atoms with Gasteiger partial charge in [-0.1, -0.05) is 27.4 Å². The topological polar surface area (TPSA) is 20.3 Å². The Morgan fingerprint density at radius 2 is 2.00 bits per heavy atom. The summed E-state index contributed by atoms with van der Waals surface area (Å²) in [5.41, 5.74) is 0.287. The van der Waals surface area contributed by atoms with Crippen molar-refractivity contribution in [3.63, 3.8) is 0 Å². The molecule has 0 aliphatic heterocycles. The van der Waals surface area contributed by atoms with Crippen molar-refractivity contribution in [1.29, 1.82) is 0 Å². The van der Waals surface area contributed by atoms with E-state index in [1.54, 1.807) is 11.9 Å². The maximum atomic E-state index is 11.0. The van der Waals surface area contributed by atoms with Gasteiger partial charge in [-0.05, 0) is 17.9 Å². The smallest absolute Gasteiger partial charge is 0.245 e. The molecular formula is C10H19NO. The second kappa shape index (κ2) is 4.29. The number of rotatable bonds is 3. The Bertz CT molecular complexity index is 167. The zero-order valence-corrected chi connectivity index (χ0v) is 8.55. The highest BCUT2D eigenvalue weighted by Crippen LogP contribution is 2.18. The minimum absolute atomic E-state index is 0.000694. The first-order valence-corrected chi connectivity index (χ1v) is 4.24. The number of likely N-dealkylation sites (N-methyl/N-ethyl adjacent to an activating group) is 1. The van der Waals surface area contributed by atoms with E-state index in [0.29, 0.717) is 0 Å². The highest BCUT2D eigenvalue weighted by Gasteiger charge is 2.12. The molecule has 0 N–H and O–H groups in total. The fourth-order valence-corrected chi connectivity index (χ4v) is 0.769. The van der Waals surface area contributed by atoms with Gasteiger partial charge in [0, 0.05) is 13.6 Å². The van der Waals surface area contributed by atoms with E-state index >= 15 is 0 Å². The van der Waals surface area contributed by atoms with Gasteiger partial charge in [-0.3, -0.25) is 4.79 Å². The third-order valence-corrected chi connectivity index (χ3v) is 1.75. The van der Waals surface area contributed by atoms with E-state index < -0.39 is 0 Å². The van der Waals surface area contributed by atoms with Crippen LogP contribution in [0.4, 0.5) is 0 Å². The van der Waals surface area contributed by atoms with E-state index in [1.807, 2.05) is 0 Å². The predicted molar refractivity (Wildman–Crippen MR) is 51.9 cm³/mol. The normalized spacial score (nSPS) is 11.0. The van der Waals surface area contributed by atoms with Gasteiger partial charge in [0.25, 0.3) is 0 Å². The second-order valence-corrected chi connectivity index (χ2v) is 4.27. The summed E-state index contributed by atoms with van der Waals surface area (Å²) in [5, 5.41) is 0. The van der Waals surface area contributed by atoms with Crippen LogP contribution in [0.5, 0.6) is 0 Å². The summed E-state index contributed by atoms with van der Waals surface area (Å²) in [5.74, 6) is -0.000694. The zero-order valence-electron chi connectivity index (χ0n) is 8.55. The number of carbonyl (C=O) groups excluding carboxylic acids is 1. The van der Waals surface area contributed by atoms with E-state index in [4.69, 9.17) is 0 Å². The van der Waals surface area contributed by atoms with Gasteiger partial charge in [0.05, 0.1) is 0 Å². The summed E-state index contributed by atoms with van der Waals surface area (Å²) in [6.07, 6.45) is 2.37. The van der Waals surface area contributed by atoms with Crippen LogP contribution >= 0.6 is 0 Å². The number of hydrogen-bond acceptors (Lipinski definition) is 1. The molecule has 1 amide bonds. The Hall–Kier alpha value is -0.790. The minimum Gasteiger partial charge on any atom is -0.342 e. The van der Waals surface area contributed by atoms with Crippen molar-refractivity contribution in [2.45, 2.75) is 27.2 Å². The second-order valence-electron chi connectivity index (χ2n) is 4.27. The first-order valence-electron chi connectivity index (χ1n) is 4.24. The molecule has 0 bridgehead atoms. The molecule has 70 valence electrons. The van der Waals surface area contributed by atoms with Crippen LogP contribution < -0.4 is 0 Å². The molecule has 0 saturated carbocycles. The van der Waals surface area contributed by atoms with E-state index in [9.17, 15) is 4.79 Å². The lowest BCUT2D eigenvalue weighted by Gasteiger charge is -2.22. The van der Waals surface area contributed by atoms with Gasteiger partial charge in [0.1, 0.15) is 0 Å². The standard InChI is InChI=1S/C10H19NO/c1-6-9(12)11(5)8-7-10(2,3)4/h6H,1,7-8H2,2-5H3. The fraction of sp³-hybridized carbons (Fsp3) is 0.700. The van der Waals surface area contributed by atoms with E-state index in [1.165, 1.54) is 6.08 Å². The monoisotopic (exact) mass is 169 g/mol. The summed E-state index contributed by atoms with van der Waals surface area (Å²) in [4.78, 5) is 12.7. The Kier molecular flexibility index (Phi) is 4.01. The molecule has 0 saturated heterocycles. The van der Waals surface area contributed by atoms with Crippen molar-refractivity contribution in [2.24, 2.45) is 5.41 Å². The van der Waals surface area contributed by atoms with E-state index in [0.717, 1.165) is 13.0 Å². The molecule has 0 aromatic rings. The van der Waals surface area contributed by atoms with Gasteiger partial charge in [-0.25, -0.2) is 0 Å². The molecule has 12 heavy (non-hydrogen) atoms. The van der Waals surface area contributed by atoms with Gasteiger partial charge in [0.15, 0.2) is 0 Å². The molecule has 0 atom stereocenters. The summed E-state index contributed by atoms with van der Waals surface area (Å²) >= 11 is 0. The van der Waals surface area contributed by atoms with Crippen molar-refractivity contribution in [3.05, 3.63) is 12.7 Å². The van der Waals surface area contributed by atoms with E-state index in [2.05, 4.69) is 27.4 Å². The Balaban J connectivity index is 3.79. The Morgan fingerprint density at radius 1 is 1.50 bits per heavy atom. The van der Waals surface area contributed by atoms with Crippen molar-refractivity contribution in [3.8, 4) is 0 Å². The highest BCUT2D eigenvalue weighted by molar-refractivity contribution is 5.86. The molecule has 0 heterocycles. The first kappa shape index (κ1) is 11.2. The third-order valence-electron chi connectivity index (χ3n) is 1.75. The molecule has 0 unspecified atom stereocenters. The molecule has 2 heteroatoms. The van der Waals surface area contributed by atoms with Crippen LogP contribution in [-0.2, 0) is 4.79 Å². The Morgan fingerprint density at radius 3 is 2.33 bits per heavy atom. The summed E-state index contributed by atoms with van der Waals surface area (Å²) in [6.45, 7) is 10.7. The van der Waals surface area contributed by atoms with Gasteiger partial charge in [-0.2, -0.15) is 0 Å². The number of carbonyl (C=O) groups is 1. The molecule has 0 aromatic heterocycles. The Labute approximate surface area is 75.3 Å². The summed E-state index contributed by atoms with van der Waals surface area (Å²) in [6, 6.07) is 0. The zero-order chi connectivity index (χ0) is 9.78. The third kappa shape index (κ3) is 4.94. The number of amides is 1. The minimum atomic E-state index is -0.000694. The molecule has 0 aliphatic carbocycles. The van der Waals surface area contributed by atoms with Crippen LogP contribution in [0, 0.1) is 5.41 Å². The van der Waals surface area contributed by atoms with Crippen LogP contribution in [0.1, 0.15) is 27.2 Å².